The second kappa shape index (κ2) is 4.67. The molecule has 0 saturated heterocycles. The van der Waals surface area contributed by atoms with E-state index in [0.29, 0.717) is 0 Å². The van der Waals surface area contributed by atoms with E-state index in [2.05, 4.69) is 5.32 Å². The summed E-state index contributed by atoms with van der Waals surface area (Å²) in [5.41, 5.74) is -0.139. The van der Waals surface area contributed by atoms with Crippen molar-refractivity contribution in [1.82, 2.24) is 5.32 Å². The predicted molar refractivity (Wildman–Crippen MR) is 58.4 cm³/mol. The monoisotopic (exact) mass is 227 g/mol. The highest BCUT2D eigenvalue weighted by molar-refractivity contribution is 5.88. The number of aromatic carboxylic acids is 1. The number of β-amino-alcohol motifs (C(OH)–C–C–N with tert-alkyl or cyclic N) is 1. The summed E-state index contributed by atoms with van der Waals surface area (Å²) in [5.74, 6) is -1.01. The lowest BCUT2D eigenvalue weighted by atomic mass is 10.1. The molecule has 1 aromatic rings. The van der Waals surface area contributed by atoms with Gasteiger partial charge in [0.25, 0.3) is 0 Å². The van der Waals surface area contributed by atoms with Crippen molar-refractivity contribution in [1.29, 1.82) is 0 Å². The highest BCUT2D eigenvalue weighted by Gasteiger charge is 2.22. The molecule has 0 aromatic carbocycles. The van der Waals surface area contributed by atoms with E-state index in [0.717, 1.165) is 0 Å². The van der Waals surface area contributed by atoms with Gasteiger partial charge >= 0.3 is 5.97 Å². The first-order chi connectivity index (χ1) is 7.31. The summed E-state index contributed by atoms with van der Waals surface area (Å²) in [4.78, 5) is 10.8. The second-order valence-corrected chi connectivity index (χ2v) is 4.65. The van der Waals surface area contributed by atoms with E-state index in [4.69, 9.17) is 9.52 Å². The van der Waals surface area contributed by atoms with Gasteiger partial charge in [-0.05, 0) is 26.8 Å². The van der Waals surface area contributed by atoms with Crippen molar-refractivity contribution in [2.75, 3.05) is 6.54 Å². The van der Waals surface area contributed by atoms with Crippen LogP contribution in [0.2, 0.25) is 0 Å². The van der Waals surface area contributed by atoms with E-state index >= 15 is 0 Å². The lowest BCUT2D eigenvalue weighted by molar-refractivity contribution is 0.0682. The molecule has 5 heteroatoms. The molecule has 0 fully saturated rings. The average Bonchev–Trinajstić information content (AvgIpc) is 2.61. The van der Waals surface area contributed by atoms with Gasteiger partial charge in [0.15, 0.2) is 0 Å². The van der Waals surface area contributed by atoms with Gasteiger partial charge in [-0.2, -0.15) is 0 Å². The number of aliphatic hydroxyl groups excluding tert-OH is 1. The largest absolute Gasteiger partial charge is 0.478 e. The molecule has 0 saturated carbocycles. The van der Waals surface area contributed by atoms with E-state index < -0.39 is 12.1 Å². The third-order valence-electron chi connectivity index (χ3n) is 2.05. The zero-order chi connectivity index (χ0) is 12.3. The summed E-state index contributed by atoms with van der Waals surface area (Å²) in [6.45, 7) is 6.12. The molecule has 16 heavy (non-hydrogen) atoms. The maximum Gasteiger partial charge on any atom is 0.339 e. The molecule has 90 valence electrons. The van der Waals surface area contributed by atoms with Crippen LogP contribution in [0.4, 0.5) is 0 Å². The Balaban J connectivity index is 2.69. The summed E-state index contributed by atoms with van der Waals surface area (Å²) < 4.78 is 4.98. The molecule has 1 atom stereocenters. The number of furan rings is 1. The van der Waals surface area contributed by atoms with E-state index in [-0.39, 0.29) is 23.4 Å². The van der Waals surface area contributed by atoms with E-state index in [9.17, 15) is 9.90 Å². The molecule has 0 aliphatic heterocycles. The second-order valence-electron chi connectivity index (χ2n) is 4.65. The van der Waals surface area contributed by atoms with Gasteiger partial charge in [-0.15, -0.1) is 0 Å². The Bertz CT molecular complexity index is 364. The Labute approximate surface area is 94.1 Å². The minimum atomic E-state index is -1.10. The molecule has 0 spiro atoms. The zero-order valence-electron chi connectivity index (χ0n) is 9.65. The number of hydrogen-bond acceptors (Lipinski definition) is 4. The molecule has 3 N–H and O–H groups in total. The first kappa shape index (κ1) is 12.7. The molecule has 0 aliphatic carbocycles. The maximum absolute atomic E-state index is 10.8. The molecule has 1 heterocycles. The first-order valence-corrected chi connectivity index (χ1v) is 5.05. The summed E-state index contributed by atoms with van der Waals surface area (Å²) in [5, 5.41) is 21.7. The molecule has 1 aromatic heterocycles. The van der Waals surface area contributed by atoms with Gasteiger partial charge in [0.1, 0.15) is 17.4 Å². The van der Waals surface area contributed by atoms with Crippen molar-refractivity contribution < 1.29 is 19.4 Å². The summed E-state index contributed by atoms with van der Waals surface area (Å²) in [6, 6.07) is 1.33. The fraction of sp³-hybridized carbons (Fsp3) is 0.545. The van der Waals surface area contributed by atoms with Crippen molar-refractivity contribution >= 4 is 5.97 Å². The van der Waals surface area contributed by atoms with Crippen LogP contribution in [0.3, 0.4) is 0 Å². The Morgan fingerprint density at radius 3 is 2.69 bits per heavy atom. The van der Waals surface area contributed by atoms with Crippen molar-refractivity contribution in [2.45, 2.75) is 32.4 Å². The quantitative estimate of drug-likeness (QED) is 0.724. The van der Waals surface area contributed by atoms with Gasteiger partial charge < -0.3 is 19.9 Å². The van der Waals surface area contributed by atoms with E-state index in [1.54, 1.807) is 0 Å². The summed E-state index contributed by atoms with van der Waals surface area (Å²) in [6.07, 6.45) is 0.305. The molecular formula is C11H17NO4. The van der Waals surface area contributed by atoms with Gasteiger partial charge in [0.05, 0.1) is 6.26 Å². The normalized spacial score (nSPS) is 13.8. The van der Waals surface area contributed by atoms with Crippen LogP contribution in [0.1, 0.15) is 43.0 Å². The van der Waals surface area contributed by atoms with Crippen LogP contribution in [0.15, 0.2) is 16.7 Å². The third-order valence-corrected chi connectivity index (χ3v) is 2.05. The molecule has 0 radical (unpaired) electrons. The molecule has 1 unspecified atom stereocenters. The summed E-state index contributed by atoms with van der Waals surface area (Å²) in [7, 11) is 0. The zero-order valence-corrected chi connectivity index (χ0v) is 9.65. The molecule has 1 rings (SSSR count). The maximum atomic E-state index is 10.8. The number of rotatable bonds is 4. The van der Waals surface area contributed by atoms with Crippen molar-refractivity contribution in [3.63, 3.8) is 0 Å². The number of carbonyl (C=O) groups is 1. The minimum absolute atomic E-state index is 0.00297. The SMILES string of the molecule is CC(C)(C)NCC(O)c1occc1C(=O)O. The van der Waals surface area contributed by atoms with Crippen LogP contribution in [-0.2, 0) is 0 Å². The van der Waals surface area contributed by atoms with Crippen molar-refractivity contribution in [3.8, 4) is 0 Å². The molecule has 0 aliphatic rings. The van der Waals surface area contributed by atoms with Crippen molar-refractivity contribution in [2.24, 2.45) is 0 Å². The van der Waals surface area contributed by atoms with Crippen LogP contribution < -0.4 is 5.32 Å². The van der Waals surface area contributed by atoms with Crippen molar-refractivity contribution in [3.05, 3.63) is 23.7 Å². The third kappa shape index (κ3) is 3.36. The Kier molecular flexibility index (Phi) is 3.72. The van der Waals surface area contributed by atoms with Gasteiger partial charge in [-0.25, -0.2) is 4.79 Å². The highest BCUT2D eigenvalue weighted by atomic mass is 16.4. The lowest BCUT2D eigenvalue weighted by Crippen LogP contribution is -2.38. The number of carboxylic acids is 1. The fourth-order valence-electron chi connectivity index (χ4n) is 1.25. The molecular weight excluding hydrogens is 210 g/mol. The van der Waals surface area contributed by atoms with Gasteiger partial charge in [0.2, 0.25) is 0 Å². The van der Waals surface area contributed by atoms with Gasteiger partial charge in [0, 0.05) is 12.1 Å². The lowest BCUT2D eigenvalue weighted by Gasteiger charge is -2.22. The average molecular weight is 227 g/mol. The molecule has 0 bridgehead atoms. The highest BCUT2D eigenvalue weighted by Crippen LogP contribution is 2.19. The topological polar surface area (TPSA) is 82.7 Å². The smallest absolute Gasteiger partial charge is 0.339 e. The molecule has 5 nitrogen and oxygen atoms in total. The number of hydrogen-bond donors (Lipinski definition) is 3. The van der Waals surface area contributed by atoms with Crippen LogP contribution in [0.5, 0.6) is 0 Å². The van der Waals surface area contributed by atoms with Crippen LogP contribution in [-0.4, -0.2) is 28.3 Å². The van der Waals surface area contributed by atoms with Crippen LogP contribution in [0, 0.1) is 0 Å². The van der Waals surface area contributed by atoms with Gasteiger partial charge in [-0.3, -0.25) is 0 Å². The van der Waals surface area contributed by atoms with Crippen LogP contribution in [0.25, 0.3) is 0 Å². The molecule has 0 amide bonds. The standard InChI is InChI=1S/C11H17NO4/c1-11(2,3)12-6-8(13)9-7(10(14)15)4-5-16-9/h4-5,8,12-13H,6H2,1-3H3,(H,14,15). The van der Waals surface area contributed by atoms with E-state index in [1.165, 1.54) is 12.3 Å². The summed E-state index contributed by atoms with van der Waals surface area (Å²) >= 11 is 0. The number of nitrogens with one attached hydrogen (secondary N) is 1. The minimum Gasteiger partial charge on any atom is -0.478 e. The Morgan fingerprint density at radius 1 is 1.56 bits per heavy atom. The van der Waals surface area contributed by atoms with Gasteiger partial charge in [-0.1, -0.05) is 0 Å². The Morgan fingerprint density at radius 2 is 2.19 bits per heavy atom. The Hall–Kier alpha value is -1.33. The van der Waals surface area contributed by atoms with Crippen LogP contribution >= 0.6 is 0 Å². The number of aliphatic hydroxyl groups is 1. The first-order valence-electron chi connectivity index (χ1n) is 5.05. The fourth-order valence-corrected chi connectivity index (χ4v) is 1.25. The predicted octanol–water partition coefficient (Wildman–Crippen LogP) is 1.40. The van der Waals surface area contributed by atoms with E-state index in [1.807, 2.05) is 20.8 Å². The number of carboxylic acid groups (broad SMARTS) is 1.